The Morgan fingerprint density at radius 2 is 2.00 bits per heavy atom. The molecule has 3 heteroatoms. The van der Waals surface area contributed by atoms with Crippen molar-refractivity contribution in [1.29, 1.82) is 5.26 Å². The number of fused-ring (bicyclic) bond motifs is 1. The van der Waals surface area contributed by atoms with Gasteiger partial charge in [-0.3, -0.25) is 0 Å². The van der Waals surface area contributed by atoms with Crippen LogP contribution in [0.3, 0.4) is 0 Å². The van der Waals surface area contributed by atoms with E-state index in [1.165, 1.54) is 18.5 Å². The van der Waals surface area contributed by atoms with Crippen LogP contribution in [0.1, 0.15) is 32.1 Å². The Bertz CT molecular complexity index is 480. The van der Waals surface area contributed by atoms with Gasteiger partial charge in [-0.05, 0) is 31.4 Å². The fraction of sp³-hybridized carbons (Fsp3) is 0.562. The molecule has 1 aliphatic heterocycles. The van der Waals surface area contributed by atoms with Crippen LogP contribution in [-0.2, 0) is 0 Å². The molecule has 1 heterocycles. The van der Waals surface area contributed by atoms with E-state index in [2.05, 4.69) is 23.1 Å². The van der Waals surface area contributed by atoms with Gasteiger partial charge in [0.2, 0.25) is 0 Å². The zero-order valence-electron chi connectivity index (χ0n) is 11.2. The second-order valence-electron chi connectivity index (χ2n) is 5.45. The second kappa shape index (κ2) is 5.52. The third-order valence-corrected chi connectivity index (χ3v) is 4.27. The standard InChI is InChI=1S/C16H20N2O/c17-12-13-6-1-2-7-14(13)18-10-5-11-19-16-9-4-3-8-15(16)18/h3-4,8-9,13-14H,1-2,5-7,10-11H2. The van der Waals surface area contributed by atoms with Crippen LogP contribution >= 0.6 is 0 Å². The predicted molar refractivity (Wildman–Crippen MR) is 75.3 cm³/mol. The second-order valence-corrected chi connectivity index (χ2v) is 5.45. The molecule has 1 fully saturated rings. The molecule has 3 rings (SSSR count). The van der Waals surface area contributed by atoms with Gasteiger partial charge in [0.25, 0.3) is 0 Å². The van der Waals surface area contributed by atoms with Gasteiger partial charge in [0.15, 0.2) is 0 Å². The minimum atomic E-state index is 0.167. The lowest BCUT2D eigenvalue weighted by molar-refractivity contribution is 0.319. The van der Waals surface area contributed by atoms with E-state index in [1.807, 2.05) is 12.1 Å². The largest absolute Gasteiger partial charge is 0.491 e. The monoisotopic (exact) mass is 256 g/mol. The van der Waals surface area contributed by atoms with E-state index in [0.29, 0.717) is 6.04 Å². The molecule has 0 radical (unpaired) electrons. The Kier molecular flexibility index (Phi) is 3.59. The molecule has 0 aromatic heterocycles. The van der Waals surface area contributed by atoms with Crippen LogP contribution in [0.5, 0.6) is 5.75 Å². The molecule has 19 heavy (non-hydrogen) atoms. The molecule has 100 valence electrons. The predicted octanol–water partition coefficient (Wildman–Crippen LogP) is 3.36. The Morgan fingerprint density at radius 1 is 1.16 bits per heavy atom. The summed E-state index contributed by atoms with van der Waals surface area (Å²) >= 11 is 0. The van der Waals surface area contributed by atoms with Crippen LogP contribution in [0.15, 0.2) is 24.3 Å². The Morgan fingerprint density at radius 3 is 2.89 bits per heavy atom. The van der Waals surface area contributed by atoms with Crippen molar-refractivity contribution in [3.8, 4) is 11.8 Å². The molecular formula is C16H20N2O. The lowest BCUT2D eigenvalue weighted by Gasteiger charge is -2.38. The summed E-state index contributed by atoms with van der Waals surface area (Å²) in [6, 6.07) is 11.1. The zero-order valence-corrected chi connectivity index (χ0v) is 11.2. The van der Waals surface area contributed by atoms with Crippen LogP contribution in [0, 0.1) is 17.2 Å². The Balaban J connectivity index is 1.93. The maximum absolute atomic E-state index is 9.40. The summed E-state index contributed by atoms with van der Waals surface area (Å²) in [7, 11) is 0. The van der Waals surface area contributed by atoms with Gasteiger partial charge < -0.3 is 9.64 Å². The molecule has 2 aliphatic rings. The summed E-state index contributed by atoms with van der Waals surface area (Å²) in [4.78, 5) is 2.43. The van der Waals surface area contributed by atoms with Crippen LogP contribution in [0.2, 0.25) is 0 Å². The first-order chi connectivity index (χ1) is 9.40. The fourth-order valence-corrected chi connectivity index (χ4v) is 3.33. The van der Waals surface area contributed by atoms with Crippen molar-refractivity contribution in [2.24, 2.45) is 5.92 Å². The Hall–Kier alpha value is -1.69. The topological polar surface area (TPSA) is 36.3 Å². The molecule has 1 aromatic rings. The number of nitriles is 1. The maximum Gasteiger partial charge on any atom is 0.142 e. The minimum absolute atomic E-state index is 0.167. The average molecular weight is 256 g/mol. The van der Waals surface area contributed by atoms with Crippen molar-refractivity contribution in [2.45, 2.75) is 38.1 Å². The molecule has 0 spiro atoms. The SMILES string of the molecule is N#CC1CCCCC1N1CCCOc2ccccc21. The third kappa shape index (κ3) is 2.40. The fourth-order valence-electron chi connectivity index (χ4n) is 3.33. The molecule has 1 aliphatic carbocycles. The first-order valence-corrected chi connectivity index (χ1v) is 7.28. The van der Waals surface area contributed by atoms with E-state index < -0.39 is 0 Å². The minimum Gasteiger partial charge on any atom is -0.491 e. The van der Waals surface area contributed by atoms with Gasteiger partial charge in [0.05, 0.1) is 24.3 Å². The van der Waals surface area contributed by atoms with Crippen molar-refractivity contribution in [3.05, 3.63) is 24.3 Å². The molecular weight excluding hydrogens is 236 g/mol. The highest BCUT2D eigenvalue weighted by Crippen LogP contribution is 2.37. The number of hydrogen-bond donors (Lipinski definition) is 0. The van der Waals surface area contributed by atoms with E-state index in [1.54, 1.807) is 0 Å². The van der Waals surface area contributed by atoms with Crippen LogP contribution in [0.4, 0.5) is 5.69 Å². The van der Waals surface area contributed by atoms with Gasteiger partial charge in [-0.25, -0.2) is 0 Å². The van der Waals surface area contributed by atoms with Crippen molar-refractivity contribution in [2.75, 3.05) is 18.1 Å². The zero-order chi connectivity index (χ0) is 13.1. The molecule has 0 bridgehead atoms. The number of rotatable bonds is 1. The lowest BCUT2D eigenvalue weighted by atomic mass is 9.84. The van der Waals surface area contributed by atoms with Gasteiger partial charge in [-0.1, -0.05) is 25.0 Å². The van der Waals surface area contributed by atoms with Crippen molar-refractivity contribution in [3.63, 3.8) is 0 Å². The smallest absolute Gasteiger partial charge is 0.142 e. The molecule has 1 aromatic carbocycles. The number of benzene rings is 1. The summed E-state index contributed by atoms with van der Waals surface area (Å²) in [5.74, 6) is 1.14. The summed E-state index contributed by atoms with van der Waals surface area (Å²) in [6.45, 7) is 1.78. The summed E-state index contributed by atoms with van der Waals surface area (Å²) < 4.78 is 5.81. The third-order valence-electron chi connectivity index (χ3n) is 4.27. The lowest BCUT2D eigenvalue weighted by Crippen LogP contribution is -2.42. The molecule has 2 atom stereocenters. The highest BCUT2D eigenvalue weighted by Gasteiger charge is 2.32. The van der Waals surface area contributed by atoms with E-state index in [4.69, 9.17) is 4.74 Å². The van der Waals surface area contributed by atoms with Crippen LogP contribution in [0.25, 0.3) is 0 Å². The van der Waals surface area contributed by atoms with Gasteiger partial charge in [-0.2, -0.15) is 5.26 Å². The van der Waals surface area contributed by atoms with Crippen LogP contribution in [-0.4, -0.2) is 19.2 Å². The van der Waals surface area contributed by atoms with E-state index in [0.717, 1.165) is 38.2 Å². The normalized spacial score (nSPS) is 26.8. The van der Waals surface area contributed by atoms with Crippen molar-refractivity contribution in [1.82, 2.24) is 0 Å². The first-order valence-electron chi connectivity index (χ1n) is 7.28. The molecule has 2 unspecified atom stereocenters. The number of anilines is 1. The molecule has 1 saturated carbocycles. The summed E-state index contributed by atoms with van der Waals surface area (Å²) in [5.41, 5.74) is 1.17. The Labute approximate surface area is 114 Å². The number of para-hydroxylation sites is 2. The van der Waals surface area contributed by atoms with E-state index in [9.17, 15) is 5.26 Å². The summed E-state index contributed by atoms with van der Waals surface area (Å²) in [5, 5.41) is 9.40. The molecule has 0 N–H and O–H groups in total. The highest BCUT2D eigenvalue weighted by atomic mass is 16.5. The summed E-state index contributed by atoms with van der Waals surface area (Å²) in [6.07, 6.45) is 5.64. The maximum atomic E-state index is 9.40. The number of nitrogens with zero attached hydrogens (tertiary/aromatic N) is 2. The molecule has 0 amide bonds. The van der Waals surface area contributed by atoms with Crippen molar-refractivity contribution >= 4 is 5.69 Å². The number of hydrogen-bond acceptors (Lipinski definition) is 3. The van der Waals surface area contributed by atoms with E-state index in [-0.39, 0.29) is 5.92 Å². The van der Waals surface area contributed by atoms with Gasteiger partial charge in [0, 0.05) is 12.6 Å². The van der Waals surface area contributed by atoms with Gasteiger partial charge >= 0.3 is 0 Å². The van der Waals surface area contributed by atoms with Crippen LogP contribution < -0.4 is 9.64 Å². The molecule has 3 nitrogen and oxygen atoms in total. The first kappa shape index (κ1) is 12.3. The highest BCUT2D eigenvalue weighted by molar-refractivity contribution is 5.60. The average Bonchev–Trinajstić information content (AvgIpc) is 2.69. The van der Waals surface area contributed by atoms with Crippen molar-refractivity contribution < 1.29 is 4.74 Å². The number of ether oxygens (including phenoxy) is 1. The molecule has 0 saturated heterocycles. The quantitative estimate of drug-likeness (QED) is 0.773. The van der Waals surface area contributed by atoms with E-state index >= 15 is 0 Å². The van der Waals surface area contributed by atoms with Gasteiger partial charge in [0.1, 0.15) is 5.75 Å². The van der Waals surface area contributed by atoms with Gasteiger partial charge in [-0.15, -0.1) is 0 Å².